The van der Waals surface area contributed by atoms with Gasteiger partial charge in [0.05, 0.1) is 6.10 Å². The summed E-state index contributed by atoms with van der Waals surface area (Å²) < 4.78 is 16.1. The number of carbonyl (C=O) groups is 1. The quantitative estimate of drug-likeness (QED) is 0.653. The van der Waals surface area contributed by atoms with Crippen LogP contribution in [0.1, 0.15) is 16.8 Å². The standard InChI is InChI=1S/C12H12BrFO4/c13-12(17)9(14)6-8(18-12)11(16)10(15)7-4-2-1-3-5-7/h1-5,8-9,11,16-17H,6H2/t8-,9+,11?,12+/m0/s1. The number of hydrogen-bond acceptors (Lipinski definition) is 4. The zero-order valence-electron chi connectivity index (χ0n) is 9.29. The van der Waals surface area contributed by atoms with Crippen molar-refractivity contribution in [1.82, 2.24) is 0 Å². The van der Waals surface area contributed by atoms with Gasteiger partial charge in [-0.1, -0.05) is 30.3 Å². The molecule has 4 nitrogen and oxygen atoms in total. The molecule has 1 aromatic carbocycles. The lowest BCUT2D eigenvalue weighted by atomic mass is 10.0. The summed E-state index contributed by atoms with van der Waals surface area (Å²) in [6.07, 6.45) is -4.52. The van der Waals surface area contributed by atoms with E-state index >= 15 is 0 Å². The first kappa shape index (κ1) is 13.6. The maximum absolute atomic E-state index is 13.3. The van der Waals surface area contributed by atoms with Crippen molar-refractivity contribution in [3.63, 3.8) is 0 Å². The Labute approximate surface area is 112 Å². The van der Waals surface area contributed by atoms with E-state index < -0.39 is 28.9 Å². The van der Waals surface area contributed by atoms with E-state index in [4.69, 9.17) is 4.74 Å². The van der Waals surface area contributed by atoms with Crippen LogP contribution in [0.15, 0.2) is 30.3 Å². The third kappa shape index (κ3) is 2.61. The van der Waals surface area contributed by atoms with Crippen LogP contribution in [-0.2, 0) is 4.74 Å². The van der Waals surface area contributed by atoms with Gasteiger partial charge in [-0.25, -0.2) is 4.39 Å². The summed E-state index contributed by atoms with van der Waals surface area (Å²) in [4.78, 5) is 11.9. The van der Waals surface area contributed by atoms with Gasteiger partial charge in [0.1, 0.15) is 6.10 Å². The second-order valence-electron chi connectivity index (χ2n) is 4.14. The first-order chi connectivity index (χ1) is 8.42. The molecule has 2 N–H and O–H groups in total. The fraction of sp³-hybridized carbons (Fsp3) is 0.417. The van der Waals surface area contributed by atoms with Crippen LogP contribution in [0.25, 0.3) is 0 Å². The Kier molecular flexibility index (Phi) is 3.82. The van der Waals surface area contributed by atoms with Gasteiger partial charge in [0.15, 0.2) is 12.0 Å². The molecule has 18 heavy (non-hydrogen) atoms. The second kappa shape index (κ2) is 5.05. The number of alkyl halides is 2. The highest BCUT2D eigenvalue weighted by molar-refractivity contribution is 9.10. The van der Waals surface area contributed by atoms with Gasteiger partial charge in [-0.15, -0.1) is 0 Å². The SMILES string of the molecule is O=C(c1ccccc1)C(O)[C@@H]1C[C@@H](F)[C@](O)(Br)O1. The highest BCUT2D eigenvalue weighted by atomic mass is 79.9. The van der Waals surface area contributed by atoms with Gasteiger partial charge in [0.2, 0.25) is 0 Å². The molecule has 0 aromatic heterocycles. The van der Waals surface area contributed by atoms with Crippen molar-refractivity contribution >= 4 is 21.7 Å². The Hall–Kier alpha value is -0.820. The van der Waals surface area contributed by atoms with Crippen LogP contribution >= 0.6 is 15.9 Å². The van der Waals surface area contributed by atoms with Crippen LogP contribution in [0.4, 0.5) is 4.39 Å². The van der Waals surface area contributed by atoms with Crippen molar-refractivity contribution in [2.24, 2.45) is 0 Å². The third-order valence-electron chi connectivity index (χ3n) is 2.82. The lowest BCUT2D eigenvalue weighted by molar-refractivity contribution is -0.151. The van der Waals surface area contributed by atoms with Crippen molar-refractivity contribution in [3.8, 4) is 0 Å². The van der Waals surface area contributed by atoms with Gasteiger partial charge in [0.25, 0.3) is 4.70 Å². The van der Waals surface area contributed by atoms with E-state index in [9.17, 15) is 19.4 Å². The molecule has 4 atom stereocenters. The summed E-state index contributed by atoms with van der Waals surface area (Å²) in [6, 6.07) is 8.16. The second-order valence-corrected chi connectivity index (χ2v) is 5.28. The molecule has 1 fully saturated rings. The van der Waals surface area contributed by atoms with E-state index in [1.54, 1.807) is 30.3 Å². The lowest BCUT2D eigenvalue weighted by Gasteiger charge is -2.19. The summed E-state index contributed by atoms with van der Waals surface area (Å²) in [6.45, 7) is 0. The summed E-state index contributed by atoms with van der Waals surface area (Å²) in [7, 11) is 0. The topological polar surface area (TPSA) is 66.8 Å². The van der Waals surface area contributed by atoms with Crippen LogP contribution < -0.4 is 0 Å². The highest BCUT2D eigenvalue weighted by Crippen LogP contribution is 2.37. The Bertz CT molecular complexity index is 437. The van der Waals surface area contributed by atoms with Crippen molar-refractivity contribution in [2.75, 3.05) is 0 Å². The fourth-order valence-electron chi connectivity index (χ4n) is 1.82. The molecule has 0 bridgehead atoms. The number of aliphatic hydroxyl groups is 2. The molecule has 1 heterocycles. The summed E-state index contributed by atoms with van der Waals surface area (Å²) in [5, 5.41) is 19.3. The Morgan fingerprint density at radius 3 is 2.61 bits per heavy atom. The molecule has 1 saturated heterocycles. The molecular formula is C12H12BrFO4. The van der Waals surface area contributed by atoms with Gasteiger partial charge in [-0.05, 0) is 15.9 Å². The Morgan fingerprint density at radius 1 is 1.50 bits per heavy atom. The average molecular weight is 319 g/mol. The van der Waals surface area contributed by atoms with Gasteiger partial charge >= 0.3 is 0 Å². The van der Waals surface area contributed by atoms with Gasteiger partial charge in [-0.3, -0.25) is 4.79 Å². The first-order valence-corrected chi connectivity index (χ1v) is 6.21. The van der Waals surface area contributed by atoms with Gasteiger partial charge < -0.3 is 14.9 Å². The molecule has 1 aliphatic rings. The molecule has 2 rings (SSSR count). The zero-order valence-corrected chi connectivity index (χ0v) is 10.9. The monoisotopic (exact) mass is 318 g/mol. The van der Waals surface area contributed by atoms with E-state index in [0.29, 0.717) is 5.56 Å². The number of Topliss-reactive ketones (excluding diaryl/α,β-unsaturated/α-hetero) is 1. The summed E-state index contributed by atoms with van der Waals surface area (Å²) >= 11 is 2.66. The van der Waals surface area contributed by atoms with E-state index in [1.165, 1.54) is 0 Å². The minimum atomic E-state index is -2.13. The molecule has 98 valence electrons. The number of ketones is 1. The van der Waals surface area contributed by atoms with Crippen molar-refractivity contribution in [2.45, 2.75) is 29.5 Å². The van der Waals surface area contributed by atoms with Crippen LogP contribution in [0, 0.1) is 0 Å². The average Bonchev–Trinajstić information content (AvgIpc) is 2.63. The maximum atomic E-state index is 13.3. The van der Waals surface area contributed by atoms with Crippen LogP contribution in [0.5, 0.6) is 0 Å². The predicted molar refractivity (Wildman–Crippen MR) is 65.0 cm³/mol. The van der Waals surface area contributed by atoms with Crippen molar-refractivity contribution < 1.29 is 24.1 Å². The number of aliphatic hydroxyl groups excluding tert-OH is 1. The normalized spacial score (nSPS) is 33.3. The molecule has 1 aliphatic heterocycles. The first-order valence-electron chi connectivity index (χ1n) is 5.42. The maximum Gasteiger partial charge on any atom is 0.256 e. The predicted octanol–water partition coefficient (Wildman–Crippen LogP) is 1.40. The number of ether oxygens (including phenoxy) is 1. The number of hydrogen-bond donors (Lipinski definition) is 2. The number of halogens is 2. The van der Waals surface area contributed by atoms with E-state index in [-0.39, 0.29) is 6.42 Å². The number of benzene rings is 1. The van der Waals surface area contributed by atoms with Gasteiger partial charge in [-0.2, -0.15) is 0 Å². The Morgan fingerprint density at radius 2 is 2.11 bits per heavy atom. The molecule has 0 saturated carbocycles. The minimum Gasteiger partial charge on any atom is -0.382 e. The zero-order chi connectivity index (χ0) is 13.3. The number of carbonyl (C=O) groups excluding carboxylic acids is 1. The molecule has 0 radical (unpaired) electrons. The smallest absolute Gasteiger partial charge is 0.256 e. The number of rotatable bonds is 3. The molecule has 0 amide bonds. The lowest BCUT2D eigenvalue weighted by Crippen LogP contribution is -2.35. The van der Waals surface area contributed by atoms with Gasteiger partial charge in [0, 0.05) is 12.0 Å². The fourth-order valence-corrected chi connectivity index (χ4v) is 2.25. The molecular weight excluding hydrogens is 307 g/mol. The van der Waals surface area contributed by atoms with E-state index in [2.05, 4.69) is 15.9 Å². The largest absolute Gasteiger partial charge is 0.382 e. The molecule has 0 spiro atoms. The van der Waals surface area contributed by atoms with E-state index in [0.717, 1.165) is 0 Å². The van der Waals surface area contributed by atoms with Crippen LogP contribution in [0.3, 0.4) is 0 Å². The molecule has 1 unspecified atom stereocenters. The van der Waals surface area contributed by atoms with Crippen LogP contribution in [0.2, 0.25) is 0 Å². The minimum absolute atomic E-state index is 0.249. The van der Waals surface area contributed by atoms with Crippen molar-refractivity contribution in [1.29, 1.82) is 0 Å². The summed E-state index contributed by atoms with van der Waals surface area (Å²) in [5.41, 5.74) is 0.314. The van der Waals surface area contributed by atoms with E-state index in [1.807, 2.05) is 0 Å². The third-order valence-corrected chi connectivity index (χ3v) is 3.51. The van der Waals surface area contributed by atoms with Crippen molar-refractivity contribution in [3.05, 3.63) is 35.9 Å². The molecule has 0 aliphatic carbocycles. The summed E-state index contributed by atoms with van der Waals surface area (Å²) in [5.74, 6) is -0.557. The Balaban J connectivity index is 2.09. The molecule has 6 heteroatoms. The highest BCUT2D eigenvalue weighted by Gasteiger charge is 2.49. The molecule has 1 aromatic rings. The van der Waals surface area contributed by atoms with Crippen LogP contribution in [-0.4, -0.2) is 39.1 Å².